The molecule has 2 rings (SSSR count). The maximum atomic E-state index is 13.3. The maximum Gasteiger partial charge on any atom is 0.250 e. The maximum absolute atomic E-state index is 13.3. The Morgan fingerprint density at radius 2 is 2.00 bits per heavy atom. The quantitative estimate of drug-likeness (QED) is 0.756. The van der Waals surface area contributed by atoms with Crippen molar-refractivity contribution >= 4 is 34.6 Å². The molecule has 0 fully saturated rings. The van der Waals surface area contributed by atoms with E-state index in [-0.39, 0.29) is 16.3 Å². The molecule has 0 heterocycles. The molecule has 2 aromatic rings. The predicted octanol–water partition coefficient (Wildman–Crippen LogP) is 2.90. The van der Waals surface area contributed by atoms with Crippen LogP contribution in [0.5, 0.6) is 0 Å². The van der Waals surface area contributed by atoms with Gasteiger partial charge in [-0.25, -0.2) is 4.39 Å². The first-order valence-corrected chi connectivity index (χ1v) is 5.77. The molecule has 0 saturated heterocycles. The minimum atomic E-state index is -0.622. The molecule has 6 heteroatoms. The lowest BCUT2D eigenvalue weighted by Crippen LogP contribution is -2.14. The molecule has 0 aromatic heterocycles. The molecule has 0 atom stereocenters. The third-order valence-electron chi connectivity index (χ3n) is 2.57. The Morgan fingerprint density at radius 1 is 1.26 bits per heavy atom. The number of nitrogens with one attached hydrogen (secondary N) is 1. The number of halogens is 2. The van der Waals surface area contributed by atoms with Gasteiger partial charge in [-0.1, -0.05) is 17.7 Å². The summed E-state index contributed by atoms with van der Waals surface area (Å²) in [7, 11) is 0. The Balaban J connectivity index is 2.35. The molecule has 98 valence electrons. The van der Waals surface area contributed by atoms with Crippen LogP contribution in [0.2, 0.25) is 5.02 Å². The first-order chi connectivity index (χ1) is 8.99. The minimum Gasteiger partial charge on any atom is -0.396 e. The summed E-state index contributed by atoms with van der Waals surface area (Å²) >= 11 is 5.59. The van der Waals surface area contributed by atoms with Gasteiger partial charge in [0.15, 0.2) is 0 Å². The Hall–Kier alpha value is -2.27. The number of anilines is 3. The van der Waals surface area contributed by atoms with E-state index >= 15 is 0 Å². The SMILES string of the molecule is NC(=O)c1cccc(Nc2ccc(Cl)c(F)c2)c1N. The van der Waals surface area contributed by atoms with Gasteiger partial charge in [0.25, 0.3) is 5.91 Å². The molecule has 0 spiro atoms. The van der Waals surface area contributed by atoms with Crippen molar-refractivity contribution < 1.29 is 9.18 Å². The zero-order valence-corrected chi connectivity index (χ0v) is 10.5. The molecule has 0 bridgehead atoms. The van der Waals surface area contributed by atoms with E-state index in [4.69, 9.17) is 23.1 Å². The summed E-state index contributed by atoms with van der Waals surface area (Å²) in [5.74, 6) is -1.17. The lowest BCUT2D eigenvalue weighted by atomic mass is 10.1. The Kier molecular flexibility index (Phi) is 3.57. The van der Waals surface area contributed by atoms with Crippen molar-refractivity contribution in [3.63, 3.8) is 0 Å². The Bertz CT molecular complexity index is 646. The predicted molar refractivity (Wildman–Crippen MR) is 74.1 cm³/mol. The van der Waals surface area contributed by atoms with Crippen LogP contribution >= 0.6 is 11.6 Å². The normalized spacial score (nSPS) is 10.2. The van der Waals surface area contributed by atoms with E-state index in [1.165, 1.54) is 18.2 Å². The molecular formula is C13H11ClFN3O. The van der Waals surface area contributed by atoms with E-state index in [2.05, 4.69) is 5.32 Å². The number of carbonyl (C=O) groups is 1. The molecule has 1 amide bonds. The number of carbonyl (C=O) groups excluding carboxylic acids is 1. The van der Waals surface area contributed by atoms with Crippen LogP contribution in [0.1, 0.15) is 10.4 Å². The molecule has 0 aliphatic carbocycles. The number of rotatable bonds is 3. The van der Waals surface area contributed by atoms with Gasteiger partial charge in [0.2, 0.25) is 0 Å². The monoisotopic (exact) mass is 279 g/mol. The van der Waals surface area contributed by atoms with Gasteiger partial charge < -0.3 is 16.8 Å². The van der Waals surface area contributed by atoms with Gasteiger partial charge >= 0.3 is 0 Å². The van der Waals surface area contributed by atoms with Gasteiger partial charge in [-0.3, -0.25) is 4.79 Å². The fourth-order valence-electron chi connectivity index (χ4n) is 1.62. The van der Waals surface area contributed by atoms with E-state index < -0.39 is 11.7 Å². The highest BCUT2D eigenvalue weighted by Gasteiger charge is 2.10. The second kappa shape index (κ2) is 5.16. The van der Waals surface area contributed by atoms with Crippen molar-refractivity contribution in [2.45, 2.75) is 0 Å². The van der Waals surface area contributed by atoms with Crippen molar-refractivity contribution in [1.29, 1.82) is 0 Å². The summed E-state index contributed by atoms with van der Waals surface area (Å²) in [5.41, 5.74) is 12.4. The number of benzene rings is 2. The standard InChI is InChI=1S/C13H11ClFN3O/c14-9-5-4-7(6-10(9)15)18-11-3-1-2-8(12(11)16)13(17)19/h1-6,18H,16H2,(H2,17,19). The molecular weight excluding hydrogens is 269 g/mol. The average molecular weight is 280 g/mol. The molecule has 0 radical (unpaired) electrons. The van der Waals surface area contributed by atoms with Gasteiger partial charge in [-0.2, -0.15) is 0 Å². The van der Waals surface area contributed by atoms with Crippen LogP contribution in [-0.2, 0) is 0 Å². The lowest BCUT2D eigenvalue weighted by Gasteiger charge is -2.11. The number of nitrogen functional groups attached to an aromatic ring is 1. The highest BCUT2D eigenvalue weighted by atomic mass is 35.5. The fourth-order valence-corrected chi connectivity index (χ4v) is 1.74. The van der Waals surface area contributed by atoms with Crippen molar-refractivity contribution in [1.82, 2.24) is 0 Å². The number of para-hydroxylation sites is 1. The summed E-state index contributed by atoms with van der Waals surface area (Å²) in [6.07, 6.45) is 0. The van der Waals surface area contributed by atoms with Gasteiger partial charge in [-0.15, -0.1) is 0 Å². The first kappa shape index (κ1) is 13.2. The largest absolute Gasteiger partial charge is 0.396 e. The zero-order chi connectivity index (χ0) is 14.0. The highest BCUT2D eigenvalue weighted by molar-refractivity contribution is 6.30. The van der Waals surface area contributed by atoms with E-state index in [9.17, 15) is 9.18 Å². The fraction of sp³-hybridized carbons (Fsp3) is 0. The van der Waals surface area contributed by atoms with Crippen LogP contribution in [0.3, 0.4) is 0 Å². The minimum absolute atomic E-state index is 0.0319. The Labute approximate surface area is 114 Å². The van der Waals surface area contributed by atoms with Crippen LogP contribution in [-0.4, -0.2) is 5.91 Å². The van der Waals surface area contributed by atoms with Crippen molar-refractivity contribution in [2.75, 3.05) is 11.1 Å². The van der Waals surface area contributed by atoms with Gasteiger partial charge in [0, 0.05) is 5.69 Å². The number of hydrogen-bond acceptors (Lipinski definition) is 3. The first-order valence-electron chi connectivity index (χ1n) is 5.39. The van der Waals surface area contributed by atoms with E-state index in [0.717, 1.165) is 0 Å². The highest BCUT2D eigenvalue weighted by Crippen LogP contribution is 2.27. The van der Waals surface area contributed by atoms with Crippen molar-refractivity contribution in [3.05, 3.63) is 52.8 Å². The summed E-state index contributed by atoms with van der Waals surface area (Å²) in [4.78, 5) is 11.2. The lowest BCUT2D eigenvalue weighted by molar-refractivity contribution is 0.100. The van der Waals surface area contributed by atoms with Gasteiger partial charge in [0.1, 0.15) is 5.82 Å². The summed E-state index contributed by atoms with van der Waals surface area (Å²) in [5, 5.41) is 2.94. The molecule has 0 saturated carbocycles. The smallest absolute Gasteiger partial charge is 0.250 e. The van der Waals surface area contributed by atoms with Gasteiger partial charge in [-0.05, 0) is 30.3 Å². The van der Waals surface area contributed by atoms with Crippen LogP contribution in [0.25, 0.3) is 0 Å². The van der Waals surface area contributed by atoms with E-state index in [0.29, 0.717) is 11.4 Å². The Morgan fingerprint density at radius 3 is 2.63 bits per heavy atom. The molecule has 4 nitrogen and oxygen atoms in total. The molecule has 0 aliphatic rings. The average Bonchev–Trinajstić information content (AvgIpc) is 2.36. The second-order valence-corrected chi connectivity index (χ2v) is 4.29. The summed E-state index contributed by atoms with van der Waals surface area (Å²) in [6.45, 7) is 0. The van der Waals surface area contributed by atoms with Crippen molar-refractivity contribution in [3.8, 4) is 0 Å². The van der Waals surface area contributed by atoms with Crippen LogP contribution in [0.4, 0.5) is 21.5 Å². The number of amides is 1. The third kappa shape index (κ3) is 2.77. The molecule has 19 heavy (non-hydrogen) atoms. The summed E-state index contributed by atoms with van der Waals surface area (Å²) in [6, 6.07) is 9.07. The molecule has 0 aliphatic heterocycles. The molecule has 0 unspecified atom stereocenters. The number of hydrogen-bond donors (Lipinski definition) is 3. The third-order valence-corrected chi connectivity index (χ3v) is 2.88. The van der Waals surface area contributed by atoms with E-state index in [1.54, 1.807) is 18.2 Å². The number of nitrogens with two attached hydrogens (primary N) is 2. The number of primary amides is 1. The van der Waals surface area contributed by atoms with E-state index in [1.807, 2.05) is 0 Å². The second-order valence-electron chi connectivity index (χ2n) is 3.88. The van der Waals surface area contributed by atoms with Gasteiger partial charge in [0.05, 0.1) is 22.0 Å². The topological polar surface area (TPSA) is 81.1 Å². The molecule has 2 aromatic carbocycles. The van der Waals surface area contributed by atoms with Crippen LogP contribution in [0.15, 0.2) is 36.4 Å². The summed E-state index contributed by atoms with van der Waals surface area (Å²) < 4.78 is 13.3. The van der Waals surface area contributed by atoms with Crippen LogP contribution < -0.4 is 16.8 Å². The molecule has 5 N–H and O–H groups in total. The van der Waals surface area contributed by atoms with Crippen LogP contribution in [0, 0.1) is 5.82 Å². The van der Waals surface area contributed by atoms with Crippen molar-refractivity contribution in [2.24, 2.45) is 5.73 Å². The zero-order valence-electron chi connectivity index (χ0n) is 9.78.